The van der Waals surface area contributed by atoms with Gasteiger partial charge >= 0.3 is 0 Å². The van der Waals surface area contributed by atoms with Crippen LogP contribution in [0.3, 0.4) is 0 Å². The number of rotatable bonds is 16. The molecule has 0 aromatic rings. The van der Waals surface area contributed by atoms with Crippen molar-refractivity contribution in [2.24, 2.45) is 44.8 Å². The molecule has 4 fully saturated rings. The van der Waals surface area contributed by atoms with Gasteiger partial charge in [0.05, 0.1) is 18.1 Å². The molecule has 0 unspecified atom stereocenters. The van der Waals surface area contributed by atoms with Crippen LogP contribution >= 0.6 is 0 Å². The van der Waals surface area contributed by atoms with Crippen molar-refractivity contribution in [2.45, 2.75) is 178 Å². The van der Waals surface area contributed by atoms with Crippen LogP contribution in [0.2, 0.25) is 0 Å². The fraction of sp³-hybridized carbons (Fsp3) is 0.864. The molecule has 2 heterocycles. The highest BCUT2D eigenvalue weighted by Gasteiger charge is 2.85. The first-order chi connectivity index (χ1) is 24.5. The van der Waals surface area contributed by atoms with E-state index in [4.69, 9.17) is 0 Å². The van der Waals surface area contributed by atoms with Crippen LogP contribution in [0.1, 0.15) is 160 Å². The van der Waals surface area contributed by atoms with Crippen LogP contribution in [0.5, 0.6) is 0 Å². The molecule has 53 heavy (non-hydrogen) atoms. The number of Topliss-reactive ketones (excluding diaryl/α,β-unsaturated/α-hetero) is 4. The molecule has 6 atom stereocenters. The van der Waals surface area contributed by atoms with Gasteiger partial charge in [-0.1, -0.05) is 102 Å². The summed E-state index contributed by atoms with van der Waals surface area (Å²) >= 11 is 0. The van der Waals surface area contributed by atoms with E-state index >= 15 is 4.79 Å². The molecule has 2 saturated carbocycles. The number of likely N-dealkylation sites (N-methyl/N-ethyl adjacent to an activating group) is 1. The predicted octanol–water partition coefficient (Wildman–Crippen LogP) is 7.37. The van der Waals surface area contributed by atoms with Gasteiger partial charge in [-0.15, -0.1) is 0 Å². The standard InChI is InChI=1S/C44H73N3O6/c1-13-18-29(36(51)34(49)23-28(3)4)24-33(48)32-26-44(42(11,12)43(44)20-17-21-43)27-47(32)39(53)30(40(5,6)7)25-35(50)37(41(8,9)10)45-38(52)31-19-15-16-22-46(31)14-2/h28-32,37H,13-27H2,1-12H3,(H,45,52)/t29-,30-,31+,32+,37-,44-/m1/s1. The molecule has 2 spiro atoms. The average molecular weight is 740 g/mol. The molecule has 2 amide bonds. The fourth-order valence-corrected chi connectivity index (χ4v) is 10.8. The molecule has 1 N–H and O–H groups in total. The van der Waals surface area contributed by atoms with E-state index in [1.165, 1.54) is 0 Å². The topological polar surface area (TPSA) is 121 Å². The molecule has 9 heteroatoms. The third-order valence-corrected chi connectivity index (χ3v) is 14.3. The normalized spacial score (nSPS) is 26.9. The van der Waals surface area contributed by atoms with Gasteiger partial charge < -0.3 is 10.2 Å². The second-order valence-electron chi connectivity index (χ2n) is 20.4. The van der Waals surface area contributed by atoms with Crippen molar-refractivity contribution >= 4 is 34.9 Å². The van der Waals surface area contributed by atoms with Gasteiger partial charge in [-0.2, -0.15) is 0 Å². The zero-order valence-electron chi connectivity index (χ0n) is 35.4. The molecule has 4 aliphatic rings. The number of piperidine rings is 1. The van der Waals surface area contributed by atoms with Crippen molar-refractivity contribution in [1.82, 2.24) is 15.1 Å². The molecule has 0 aromatic carbocycles. The van der Waals surface area contributed by atoms with E-state index in [9.17, 15) is 24.0 Å². The van der Waals surface area contributed by atoms with Crippen LogP contribution in [0.25, 0.3) is 0 Å². The maximum absolute atomic E-state index is 15.1. The molecule has 9 nitrogen and oxygen atoms in total. The van der Waals surface area contributed by atoms with Gasteiger partial charge in [-0.05, 0) is 79.2 Å². The lowest BCUT2D eigenvalue weighted by Gasteiger charge is -2.39. The Morgan fingerprint density at radius 1 is 0.811 bits per heavy atom. The molecule has 2 aliphatic carbocycles. The molecule has 0 radical (unpaired) electrons. The van der Waals surface area contributed by atoms with Gasteiger partial charge in [0.15, 0.2) is 17.3 Å². The molecule has 2 aliphatic heterocycles. The van der Waals surface area contributed by atoms with Crippen LogP contribution in [-0.2, 0) is 28.8 Å². The summed E-state index contributed by atoms with van der Waals surface area (Å²) < 4.78 is 0. The van der Waals surface area contributed by atoms with Crippen molar-refractivity contribution in [2.75, 3.05) is 19.6 Å². The molecule has 0 aromatic heterocycles. The Bertz CT molecular complexity index is 1410. The van der Waals surface area contributed by atoms with Crippen molar-refractivity contribution in [1.29, 1.82) is 0 Å². The van der Waals surface area contributed by atoms with Crippen LogP contribution in [0.4, 0.5) is 0 Å². The second kappa shape index (κ2) is 16.0. The lowest BCUT2D eigenvalue weighted by Crippen LogP contribution is -2.57. The van der Waals surface area contributed by atoms with E-state index in [1.807, 2.05) is 62.3 Å². The Morgan fingerprint density at radius 3 is 1.94 bits per heavy atom. The molecule has 2 saturated heterocycles. The van der Waals surface area contributed by atoms with Gasteiger partial charge in [-0.25, -0.2) is 0 Å². The van der Waals surface area contributed by atoms with Gasteiger partial charge in [0.25, 0.3) is 0 Å². The summed E-state index contributed by atoms with van der Waals surface area (Å²) in [4.78, 5) is 88.1. The third-order valence-electron chi connectivity index (χ3n) is 14.3. The highest BCUT2D eigenvalue weighted by Crippen LogP contribution is 2.88. The Labute approximate surface area is 320 Å². The van der Waals surface area contributed by atoms with Crippen molar-refractivity contribution in [3.05, 3.63) is 0 Å². The van der Waals surface area contributed by atoms with E-state index in [1.54, 1.807) is 4.90 Å². The first-order valence-electron chi connectivity index (χ1n) is 21.0. The summed E-state index contributed by atoms with van der Waals surface area (Å²) in [6, 6.07) is -1.76. The van der Waals surface area contributed by atoms with Gasteiger partial charge in [0.2, 0.25) is 17.6 Å². The number of likely N-dealkylation sites (tertiary alicyclic amines) is 2. The number of amides is 2. The Balaban J connectivity index is 1.64. The second-order valence-corrected chi connectivity index (χ2v) is 20.4. The minimum absolute atomic E-state index is 0.0438. The van der Waals surface area contributed by atoms with Crippen LogP contribution in [-0.4, -0.2) is 82.5 Å². The molecule has 0 bridgehead atoms. The van der Waals surface area contributed by atoms with E-state index < -0.39 is 46.3 Å². The minimum atomic E-state index is -0.777. The largest absolute Gasteiger partial charge is 0.344 e. The first kappa shape index (κ1) is 43.3. The van der Waals surface area contributed by atoms with Gasteiger partial charge in [0.1, 0.15) is 0 Å². The maximum atomic E-state index is 15.1. The summed E-state index contributed by atoms with van der Waals surface area (Å²) in [5, 5.41) is 3.14. The number of carbonyl (C=O) groups excluding carboxylic acids is 6. The van der Waals surface area contributed by atoms with E-state index in [0.717, 1.165) is 51.6 Å². The van der Waals surface area contributed by atoms with Crippen LogP contribution in [0.15, 0.2) is 0 Å². The summed E-state index contributed by atoms with van der Waals surface area (Å²) in [6.07, 6.45) is 7.81. The number of fused-ring (bicyclic) bond motifs is 1. The monoisotopic (exact) mass is 740 g/mol. The average Bonchev–Trinajstić information content (AvgIpc) is 3.26. The highest BCUT2D eigenvalue weighted by molar-refractivity contribution is 6.38. The van der Waals surface area contributed by atoms with Crippen molar-refractivity contribution in [3.63, 3.8) is 0 Å². The van der Waals surface area contributed by atoms with Crippen LogP contribution in [0, 0.1) is 44.8 Å². The quantitative estimate of drug-likeness (QED) is 0.164. The lowest BCUT2D eigenvalue weighted by molar-refractivity contribution is -0.147. The first-order valence-corrected chi connectivity index (χ1v) is 21.0. The fourth-order valence-electron chi connectivity index (χ4n) is 10.8. The third kappa shape index (κ3) is 8.26. The maximum Gasteiger partial charge on any atom is 0.237 e. The predicted molar refractivity (Wildman–Crippen MR) is 209 cm³/mol. The summed E-state index contributed by atoms with van der Waals surface area (Å²) in [5.41, 5.74) is -1.35. The Morgan fingerprint density at radius 2 is 1.45 bits per heavy atom. The summed E-state index contributed by atoms with van der Waals surface area (Å²) in [5.74, 6) is -2.90. The minimum Gasteiger partial charge on any atom is -0.344 e. The number of nitrogens with zero attached hydrogens (tertiary/aromatic N) is 2. The molecular weight excluding hydrogens is 666 g/mol. The van der Waals surface area contributed by atoms with Gasteiger partial charge in [0, 0.05) is 43.1 Å². The number of carbonyl (C=O) groups is 6. The summed E-state index contributed by atoms with van der Waals surface area (Å²) in [6.45, 7) is 26.3. The molecule has 4 rings (SSSR count). The lowest BCUT2D eigenvalue weighted by atomic mass is 9.73. The Hall–Kier alpha value is -2.42. The Kier molecular flexibility index (Phi) is 13.1. The number of ketones is 4. The zero-order chi connectivity index (χ0) is 39.9. The summed E-state index contributed by atoms with van der Waals surface area (Å²) in [7, 11) is 0. The number of nitrogens with one attached hydrogen (secondary N) is 1. The van der Waals surface area contributed by atoms with Crippen molar-refractivity contribution < 1.29 is 28.8 Å². The highest BCUT2D eigenvalue weighted by atomic mass is 16.2. The van der Waals surface area contributed by atoms with E-state index in [-0.39, 0.29) is 70.8 Å². The van der Waals surface area contributed by atoms with Gasteiger partial charge in [-0.3, -0.25) is 33.7 Å². The van der Waals surface area contributed by atoms with Crippen molar-refractivity contribution in [3.8, 4) is 0 Å². The molecule has 300 valence electrons. The molecular formula is C44H73N3O6. The van der Waals surface area contributed by atoms with E-state index in [0.29, 0.717) is 25.8 Å². The number of hydrogen-bond donors (Lipinski definition) is 1. The smallest absolute Gasteiger partial charge is 0.237 e. The number of hydrogen-bond acceptors (Lipinski definition) is 7. The van der Waals surface area contributed by atoms with Crippen LogP contribution < -0.4 is 5.32 Å². The zero-order valence-corrected chi connectivity index (χ0v) is 35.4. The van der Waals surface area contributed by atoms with E-state index in [2.05, 4.69) is 31.0 Å². The SMILES string of the molecule is CCC[C@H](CC(=O)[C@@H]1C[C@@]2(CN1C(=O)[C@@H](CC(=O)[C@@H](NC(=O)[C@@H]1CCCCN1CC)C(C)(C)C)C(C)(C)C)C(C)(C)C21CCC1)C(=O)C(=O)CC(C)C.